The molecular formula is C8H10F3NO3. The van der Waals surface area contributed by atoms with E-state index < -0.39 is 23.6 Å². The Balaban J connectivity index is 2.56. The molecule has 15 heavy (non-hydrogen) atoms. The third-order valence-electron chi connectivity index (χ3n) is 2.11. The zero-order valence-electron chi connectivity index (χ0n) is 7.98. The number of esters is 1. The summed E-state index contributed by atoms with van der Waals surface area (Å²) in [7, 11) is 0. The van der Waals surface area contributed by atoms with Gasteiger partial charge < -0.3 is 10.1 Å². The van der Waals surface area contributed by atoms with Crippen molar-refractivity contribution in [1.29, 1.82) is 0 Å². The Labute approximate surface area is 83.8 Å². The summed E-state index contributed by atoms with van der Waals surface area (Å²) in [5.41, 5.74) is -2.21. The first-order valence-corrected chi connectivity index (χ1v) is 4.38. The predicted molar refractivity (Wildman–Crippen MR) is 42.8 cm³/mol. The Bertz CT molecular complexity index is 283. The summed E-state index contributed by atoms with van der Waals surface area (Å²) in [5.74, 6) is -2.63. The molecule has 0 radical (unpaired) electrons. The average molecular weight is 225 g/mol. The summed E-state index contributed by atoms with van der Waals surface area (Å²) in [6, 6.07) is 0. The van der Waals surface area contributed by atoms with Crippen LogP contribution < -0.4 is 5.32 Å². The van der Waals surface area contributed by atoms with Crippen LogP contribution in [0.1, 0.15) is 19.8 Å². The summed E-state index contributed by atoms with van der Waals surface area (Å²) in [4.78, 5) is 21.7. The zero-order chi connectivity index (χ0) is 11.7. The van der Waals surface area contributed by atoms with Crippen molar-refractivity contribution >= 4 is 11.9 Å². The molecule has 0 aromatic heterocycles. The number of nitrogens with one attached hydrogen (secondary N) is 1. The topological polar surface area (TPSA) is 55.4 Å². The third kappa shape index (κ3) is 2.40. The molecule has 7 heteroatoms. The fraction of sp³-hybridized carbons (Fsp3) is 0.750. The molecule has 0 atom stereocenters. The van der Waals surface area contributed by atoms with Gasteiger partial charge in [-0.3, -0.25) is 4.79 Å². The summed E-state index contributed by atoms with van der Waals surface area (Å²) >= 11 is 0. The highest BCUT2D eigenvalue weighted by molar-refractivity contribution is 6.32. The van der Waals surface area contributed by atoms with Crippen LogP contribution in [0.5, 0.6) is 0 Å². The molecule has 0 spiro atoms. The first-order valence-electron chi connectivity index (χ1n) is 4.38. The number of alkyl halides is 3. The van der Waals surface area contributed by atoms with Gasteiger partial charge >= 0.3 is 18.1 Å². The van der Waals surface area contributed by atoms with Gasteiger partial charge in [0.25, 0.3) is 0 Å². The molecule has 0 unspecified atom stereocenters. The van der Waals surface area contributed by atoms with Gasteiger partial charge in [0, 0.05) is 0 Å². The lowest BCUT2D eigenvalue weighted by Crippen LogP contribution is -2.50. The van der Waals surface area contributed by atoms with Crippen LogP contribution in [0.3, 0.4) is 0 Å². The molecule has 0 heterocycles. The average Bonchev–Trinajstić information content (AvgIpc) is 2.84. The van der Waals surface area contributed by atoms with E-state index in [0.29, 0.717) is 0 Å². The quantitative estimate of drug-likeness (QED) is 0.557. The minimum absolute atomic E-state index is 0.0503. The number of hydrogen-bond donors (Lipinski definition) is 1. The predicted octanol–water partition coefficient (Wildman–Crippen LogP) is 0.761. The van der Waals surface area contributed by atoms with Crippen molar-refractivity contribution in [3.63, 3.8) is 0 Å². The molecule has 0 aromatic rings. The molecule has 0 aliphatic heterocycles. The van der Waals surface area contributed by atoms with Crippen LogP contribution in [0.15, 0.2) is 0 Å². The highest BCUT2D eigenvalue weighted by Crippen LogP contribution is 2.48. The maximum Gasteiger partial charge on any atom is 0.411 e. The molecule has 1 amide bonds. The number of hydrogen-bond acceptors (Lipinski definition) is 3. The Morgan fingerprint density at radius 2 is 1.93 bits per heavy atom. The molecular weight excluding hydrogens is 215 g/mol. The van der Waals surface area contributed by atoms with Gasteiger partial charge in [-0.1, -0.05) is 0 Å². The van der Waals surface area contributed by atoms with Gasteiger partial charge in [0.15, 0.2) is 0 Å². The molecule has 0 aromatic carbocycles. The normalized spacial score (nSPS) is 18.1. The standard InChI is InChI=1S/C8H10F3NO3/c1-2-15-6(14)5(13)12-7(3-4-7)8(9,10)11/h2-4H2,1H3,(H,12,13). The van der Waals surface area contributed by atoms with Gasteiger partial charge in [-0.05, 0) is 19.8 Å². The number of ether oxygens (including phenoxy) is 1. The summed E-state index contributed by atoms with van der Waals surface area (Å²) < 4.78 is 41.3. The van der Waals surface area contributed by atoms with Crippen molar-refractivity contribution in [2.24, 2.45) is 0 Å². The zero-order valence-corrected chi connectivity index (χ0v) is 7.98. The summed E-state index contributed by atoms with van der Waals surface area (Å²) in [6.07, 6.45) is -4.90. The second kappa shape index (κ2) is 3.71. The fourth-order valence-electron chi connectivity index (χ4n) is 1.07. The summed E-state index contributed by atoms with van der Waals surface area (Å²) in [5, 5.41) is 1.65. The second-order valence-electron chi connectivity index (χ2n) is 3.25. The van der Waals surface area contributed by atoms with E-state index in [-0.39, 0.29) is 19.4 Å². The maximum absolute atomic E-state index is 12.3. The van der Waals surface area contributed by atoms with Crippen LogP contribution in [-0.4, -0.2) is 30.2 Å². The Kier molecular flexibility index (Phi) is 2.92. The SMILES string of the molecule is CCOC(=O)C(=O)NC1(C(F)(F)F)CC1. The van der Waals surface area contributed by atoms with Crippen LogP contribution in [0, 0.1) is 0 Å². The lowest BCUT2D eigenvalue weighted by Gasteiger charge is -2.19. The van der Waals surface area contributed by atoms with Gasteiger partial charge in [-0.2, -0.15) is 13.2 Å². The van der Waals surface area contributed by atoms with Crippen LogP contribution in [0.25, 0.3) is 0 Å². The van der Waals surface area contributed by atoms with Crippen LogP contribution in [0.2, 0.25) is 0 Å². The van der Waals surface area contributed by atoms with E-state index >= 15 is 0 Å². The molecule has 1 aliphatic rings. The Morgan fingerprint density at radius 3 is 2.27 bits per heavy atom. The van der Waals surface area contributed by atoms with E-state index in [0.717, 1.165) is 0 Å². The van der Waals surface area contributed by atoms with Gasteiger partial charge in [-0.25, -0.2) is 4.79 Å². The second-order valence-corrected chi connectivity index (χ2v) is 3.25. The van der Waals surface area contributed by atoms with Gasteiger partial charge in [0.2, 0.25) is 0 Å². The first kappa shape index (κ1) is 11.8. The summed E-state index contributed by atoms with van der Waals surface area (Å²) in [6.45, 7) is 1.41. The monoisotopic (exact) mass is 225 g/mol. The molecule has 1 fully saturated rings. The van der Waals surface area contributed by atoms with Crippen LogP contribution >= 0.6 is 0 Å². The molecule has 86 valence electrons. The number of carbonyl (C=O) groups excluding carboxylic acids is 2. The largest absolute Gasteiger partial charge is 0.459 e. The van der Waals surface area contributed by atoms with Crippen LogP contribution in [-0.2, 0) is 14.3 Å². The van der Waals surface area contributed by atoms with E-state index in [1.54, 1.807) is 5.32 Å². The fourth-order valence-corrected chi connectivity index (χ4v) is 1.07. The van der Waals surface area contributed by atoms with Gasteiger partial charge in [0.05, 0.1) is 6.61 Å². The molecule has 1 rings (SSSR count). The van der Waals surface area contributed by atoms with Gasteiger partial charge in [0.1, 0.15) is 5.54 Å². The third-order valence-corrected chi connectivity index (χ3v) is 2.11. The number of rotatable bonds is 2. The van der Waals surface area contributed by atoms with Gasteiger partial charge in [-0.15, -0.1) is 0 Å². The van der Waals surface area contributed by atoms with Crippen LogP contribution in [0.4, 0.5) is 13.2 Å². The lowest BCUT2D eigenvalue weighted by molar-refractivity contribution is -0.174. The van der Waals surface area contributed by atoms with Crippen molar-refractivity contribution < 1.29 is 27.5 Å². The van der Waals surface area contributed by atoms with Crippen molar-refractivity contribution in [3.05, 3.63) is 0 Å². The molecule has 4 nitrogen and oxygen atoms in total. The molecule has 1 aliphatic carbocycles. The maximum atomic E-state index is 12.3. The molecule has 0 saturated heterocycles. The highest BCUT2D eigenvalue weighted by atomic mass is 19.4. The minimum Gasteiger partial charge on any atom is -0.459 e. The highest BCUT2D eigenvalue weighted by Gasteiger charge is 2.64. The van der Waals surface area contributed by atoms with E-state index in [1.165, 1.54) is 6.92 Å². The van der Waals surface area contributed by atoms with E-state index in [1.807, 2.05) is 0 Å². The molecule has 1 saturated carbocycles. The Hall–Kier alpha value is -1.27. The lowest BCUT2D eigenvalue weighted by atomic mass is 10.2. The Morgan fingerprint density at radius 1 is 1.40 bits per heavy atom. The number of carbonyl (C=O) groups is 2. The van der Waals surface area contributed by atoms with E-state index in [9.17, 15) is 22.8 Å². The molecule has 0 bridgehead atoms. The number of halogens is 3. The van der Waals surface area contributed by atoms with Crippen molar-refractivity contribution in [1.82, 2.24) is 5.32 Å². The van der Waals surface area contributed by atoms with E-state index in [2.05, 4.69) is 4.74 Å². The van der Waals surface area contributed by atoms with Crippen molar-refractivity contribution in [2.75, 3.05) is 6.61 Å². The first-order chi connectivity index (χ1) is 6.82. The smallest absolute Gasteiger partial charge is 0.411 e. The minimum atomic E-state index is -4.52. The van der Waals surface area contributed by atoms with E-state index in [4.69, 9.17) is 0 Å². The van der Waals surface area contributed by atoms with Crippen molar-refractivity contribution in [3.8, 4) is 0 Å². The van der Waals surface area contributed by atoms with Crippen molar-refractivity contribution in [2.45, 2.75) is 31.5 Å². The molecule has 1 N–H and O–H groups in total. The number of amides is 1.